The van der Waals surface area contributed by atoms with Crippen molar-refractivity contribution < 1.29 is 22.5 Å². The molecule has 1 aromatic carbocycles. The van der Waals surface area contributed by atoms with E-state index in [0.717, 1.165) is 5.56 Å². The number of hydrogen-bond donors (Lipinski definition) is 3. The van der Waals surface area contributed by atoms with E-state index < -0.39 is 28.1 Å². The lowest BCUT2D eigenvalue weighted by atomic mass is 10.1. The van der Waals surface area contributed by atoms with Crippen LogP contribution in [0.25, 0.3) is 0 Å². The Hall–Kier alpha value is -2.61. The van der Waals surface area contributed by atoms with Gasteiger partial charge in [-0.1, -0.05) is 35.3 Å². The van der Waals surface area contributed by atoms with Crippen LogP contribution in [0.3, 0.4) is 0 Å². The van der Waals surface area contributed by atoms with Crippen molar-refractivity contribution in [2.75, 3.05) is 11.9 Å². The molecular formula is C21H22Cl2N6O5S. The Morgan fingerprint density at radius 2 is 2.06 bits per heavy atom. The van der Waals surface area contributed by atoms with Gasteiger partial charge in [0, 0.05) is 23.2 Å². The molecular weight excluding hydrogens is 519 g/mol. The molecule has 1 aliphatic carbocycles. The van der Waals surface area contributed by atoms with Gasteiger partial charge in [0.1, 0.15) is 28.6 Å². The highest BCUT2D eigenvalue weighted by Crippen LogP contribution is 2.31. The molecule has 186 valence electrons. The molecule has 0 spiro atoms. The number of rotatable bonds is 9. The second-order valence-corrected chi connectivity index (χ2v) is 10.2. The van der Waals surface area contributed by atoms with E-state index in [-0.39, 0.29) is 41.3 Å². The first kappa shape index (κ1) is 25.5. The average Bonchev–Trinajstić information content (AvgIpc) is 3.38. The predicted molar refractivity (Wildman–Crippen MR) is 128 cm³/mol. The largest absolute Gasteiger partial charge is 0.393 e. The fourth-order valence-corrected chi connectivity index (χ4v) is 4.77. The molecule has 1 saturated carbocycles. The van der Waals surface area contributed by atoms with Gasteiger partial charge in [-0.15, -0.1) is 0 Å². The molecule has 0 bridgehead atoms. The molecule has 4 rings (SSSR count). The van der Waals surface area contributed by atoms with Crippen LogP contribution in [0.15, 0.2) is 42.9 Å². The number of hydrogen-bond acceptors (Lipinski definition) is 9. The minimum Gasteiger partial charge on any atom is -0.393 e. The number of aliphatic hydroxyl groups is 1. The highest BCUT2D eigenvalue weighted by atomic mass is 35.5. The zero-order chi connectivity index (χ0) is 25.2. The van der Waals surface area contributed by atoms with Crippen molar-refractivity contribution >= 4 is 45.1 Å². The quantitative estimate of drug-likeness (QED) is 0.272. The lowest BCUT2D eigenvalue weighted by Crippen LogP contribution is -2.24. The zero-order valence-corrected chi connectivity index (χ0v) is 20.5. The Labute approximate surface area is 211 Å². The van der Waals surface area contributed by atoms with E-state index in [4.69, 9.17) is 28.3 Å². The summed E-state index contributed by atoms with van der Waals surface area (Å²) in [4.78, 5) is 21.4. The third-order valence-electron chi connectivity index (χ3n) is 5.58. The standard InChI is InChI=1S/C21H22Cl2N6O5S/c22-14-3-1-2-12(6-14)9-29-5-4-16(28-29)19(31)18-20(23)25-11-26-21(18)27-15-7-13(17(30)8-15)10-34-35(24,32)33/h1-6,11,13,15,17,30H,7-10H2,(H2,24,32,33)(H,25,26,27)/t13-,15-,17+/m1/s1. The fourth-order valence-electron chi connectivity index (χ4n) is 3.97. The first-order valence-electron chi connectivity index (χ1n) is 10.5. The van der Waals surface area contributed by atoms with Crippen molar-refractivity contribution in [1.29, 1.82) is 0 Å². The summed E-state index contributed by atoms with van der Waals surface area (Å²) in [5.74, 6) is -0.760. The summed E-state index contributed by atoms with van der Waals surface area (Å²) in [6, 6.07) is 8.56. The normalized spacial score (nSPS) is 20.2. The number of aliphatic hydroxyl groups excluding tert-OH is 1. The molecule has 0 unspecified atom stereocenters. The first-order valence-corrected chi connectivity index (χ1v) is 12.8. The van der Waals surface area contributed by atoms with Gasteiger partial charge in [-0.3, -0.25) is 13.7 Å². The molecule has 1 aliphatic rings. The number of ketones is 1. The molecule has 2 aromatic heterocycles. The van der Waals surface area contributed by atoms with Gasteiger partial charge in [0.05, 0.1) is 19.3 Å². The molecule has 4 N–H and O–H groups in total. The van der Waals surface area contributed by atoms with Gasteiger partial charge in [-0.25, -0.2) is 15.1 Å². The van der Waals surface area contributed by atoms with Crippen molar-refractivity contribution in [3.05, 3.63) is 69.9 Å². The van der Waals surface area contributed by atoms with Crippen LogP contribution in [0.1, 0.15) is 34.5 Å². The Morgan fingerprint density at radius 1 is 1.26 bits per heavy atom. The zero-order valence-electron chi connectivity index (χ0n) is 18.2. The van der Waals surface area contributed by atoms with Crippen molar-refractivity contribution in [2.45, 2.75) is 31.5 Å². The minimum absolute atomic E-state index is 0.0425. The monoisotopic (exact) mass is 540 g/mol. The number of carbonyl (C=O) groups excluding carboxylic acids is 1. The van der Waals surface area contributed by atoms with E-state index in [9.17, 15) is 18.3 Å². The van der Waals surface area contributed by atoms with Crippen molar-refractivity contribution in [3.8, 4) is 0 Å². The van der Waals surface area contributed by atoms with E-state index in [1.165, 1.54) is 6.33 Å². The number of aromatic nitrogens is 4. The minimum atomic E-state index is -4.12. The lowest BCUT2D eigenvalue weighted by molar-refractivity contribution is 0.101. The SMILES string of the molecule is NS(=O)(=O)OC[C@H]1C[C@@H](Nc2ncnc(Cl)c2C(=O)c2ccn(Cc3cccc(Cl)c3)n2)C[C@@H]1O. The number of nitrogens with one attached hydrogen (secondary N) is 1. The Morgan fingerprint density at radius 3 is 2.80 bits per heavy atom. The molecule has 1 fully saturated rings. The molecule has 0 amide bonds. The van der Waals surface area contributed by atoms with Crippen LogP contribution in [0.2, 0.25) is 10.2 Å². The first-order chi connectivity index (χ1) is 16.6. The van der Waals surface area contributed by atoms with Crippen LogP contribution in [0.5, 0.6) is 0 Å². The smallest absolute Gasteiger partial charge is 0.333 e. The van der Waals surface area contributed by atoms with Crippen LogP contribution in [0.4, 0.5) is 5.82 Å². The third kappa shape index (κ3) is 6.54. The van der Waals surface area contributed by atoms with Gasteiger partial charge in [0.25, 0.3) is 0 Å². The highest BCUT2D eigenvalue weighted by molar-refractivity contribution is 7.84. The van der Waals surface area contributed by atoms with Gasteiger partial charge >= 0.3 is 10.3 Å². The number of nitrogens with zero attached hydrogens (tertiary/aromatic N) is 4. The molecule has 14 heteroatoms. The maximum absolute atomic E-state index is 13.3. The van der Waals surface area contributed by atoms with Gasteiger partial charge in [-0.05, 0) is 36.6 Å². The summed E-state index contributed by atoms with van der Waals surface area (Å²) in [6.45, 7) is 0.165. The number of carbonyl (C=O) groups is 1. The van der Waals surface area contributed by atoms with Crippen molar-refractivity contribution in [3.63, 3.8) is 0 Å². The molecule has 0 saturated heterocycles. The number of anilines is 1. The van der Waals surface area contributed by atoms with Gasteiger partial charge in [0.2, 0.25) is 5.78 Å². The highest BCUT2D eigenvalue weighted by Gasteiger charge is 2.35. The maximum atomic E-state index is 13.3. The van der Waals surface area contributed by atoms with E-state index in [1.54, 1.807) is 23.0 Å². The summed E-state index contributed by atoms with van der Waals surface area (Å²) in [7, 11) is -4.12. The number of benzene rings is 1. The summed E-state index contributed by atoms with van der Waals surface area (Å²) in [6.07, 6.45) is 2.70. The van der Waals surface area contributed by atoms with E-state index in [0.29, 0.717) is 18.0 Å². The van der Waals surface area contributed by atoms with Crippen LogP contribution >= 0.6 is 23.2 Å². The fraction of sp³-hybridized carbons (Fsp3) is 0.333. The molecule has 0 aliphatic heterocycles. The van der Waals surface area contributed by atoms with Crippen LogP contribution in [-0.4, -0.2) is 57.8 Å². The molecule has 3 atom stereocenters. The van der Waals surface area contributed by atoms with Gasteiger partial charge in [-0.2, -0.15) is 13.5 Å². The van der Waals surface area contributed by atoms with Crippen molar-refractivity contribution in [1.82, 2.24) is 19.7 Å². The number of halogens is 2. The topological polar surface area (TPSA) is 162 Å². The maximum Gasteiger partial charge on any atom is 0.333 e. The second kappa shape index (κ2) is 10.6. The van der Waals surface area contributed by atoms with Crippen LogP contribution < -0.4 is 10.5 Å². The summed E-state index contributed by atoms with van der Waals surface area (Å²) in [5, 5.41) is 23.2. The summed E-state index contributed by atoms with van der Waals surface area (Å²) in [5.41, 5.74) is 1.11. The van der Waals surface area contributed by atoms with E-state index >= 15 is 0 Å². The molecule has 11 nitrogen and oxygen atoms in total. The van der Waals surface area contributed by atoms with Crippen molar-refractivity contribution in [2.24, 2.45) is 11.1 Å². The number of nitrogens with two attached hydrogens (primary N) is 1. The second-order valence-electron chi connectivity index (χ2n) is 8.16. The lowest BCUT2D eigenvalue weighted by Gasteiger charge is -2.16. The van der Waals surface area contributed by atoms with Gasteiger partial charge < -0.3 is 10.4 Å². The third-order valence-corrected chi connectivity index (χ3v) is 6.57. The van der Waals surface area contributed by atoms with Crippen LogP contribution in [-0.2, 0) is 21.0 Å². The Balaban J connectivity index is 1.49. The Bertz CT molecular complexity index is 1340. The van der Waals surface area contributed by atoms with Gasteiger partial charge in [0.15, 0.2) is 0 Å². The predicted octanol–water partition coefficient (Wildman–Crippen LogP) is 2.03. The summed E-state index contributed by atoms with van der Waals surface area (Å²) < 4.78 is 28.3. The molecule has 0 radical (unpaired) electrons. The average molecular weight is 541 g/mol. The molecule has 2 heterocycles. The van der Waals surface area contributed by atoms with Crippen LogP contribution in [0, 0.1) is 5.92 Å². The molecule has 35 heavy (non-hydrogen) atoms. The van der Waals surface area contributed by atoms with E-state index in [2.05, 4.69) is 24.6 Å². The summed E-state index contributed by atoms with van der Waals surface area (Å²) >= 11 is 12.3. The Kier molecular flexibility index (Phi) is 7.69. The van der Waals surface area contributed by atoms with E-state index in [1.807, 2.05) is 18.2 Å². The molecule has 3 aromatic rings.